The van der Waals surface area contributed by atoms with Crippen molar-refractivity contribution >= 4 is 0 Å². The van der Waals surface area contributed by atoms with E-state index >= 15 is 0 Å². The number of fused-ring (bicyclic) bond motifs is 1. The van der Waals surface area contributed by atoms with Crippen molar-refractivity contribution in [2.45, 2.75) is 65.8 Å². The van der Waals surface area contributed by atoms with Gasteiger partial charge in [0, 0.05) is 25.7 Å². The number of nitrogens with one attached hydrogen (secondary N) is 1. The molecule has 0 bridgehead atoms. The molecule has 0 saturated carbocycles. The minimum Gasteiger partial charge on any atom is -0.487 e. The summed E-state index contributed by atoms with van der Waals surface area (Å²) in [5, 5.41) is 12.3. The minimum atomic E-state index is 0.484. The first-order valence-corrected chi connectivity index (χ1v) is 10.4. The van der Waals surface area contributed by atoms with E-state index in [2.05, 4.69) is 51.0 Å². The van der Waals surface area contributed by atoms with Crippen molar-refractivity contribution in [1.82, 2.24) is 25.1 Å². The summed E-state index contributed by atoms with van der Waals surface area (Å²) in [6.07, 6.45) is 6.56. The molecule has 0 amide bonds. The van der Waals surface area contributed by atoms with Gasteiger partial charge in [0.2, 0.25) is 0 Å². The maximum atomic E-state index is 6.04. The fourth-order valence-electron chi connectivity index (χ4n) is 3.99. The second kappa shape index (κ2) is 9.18. The van der Waals surface area contributed by atoms with Gasteiger partial charge in [0.25, 0.3) is 0 Å². The molecule has 1 aliphatic heterocycles. The number of hydrogen-bond donors (Lipinski definition) is 1. The molecule has 6 heteroatoms. The Bertz CT molecular complexity index is 928. The lowest BCUT2D eigenvalue weighted by atomic mass is 10.1. The third kappa shape index (κ3) is 4.82. The molecule has 1 aliphatic rings. The van der Waals surface area contributed by atoms with Gasteiger partial charge in [0.15, 0.2) is 0 Å². The van der Waals surface area contributed by atoms with Crippen molar-refractivity contribution < 1.29 is 4.74 Å². The van der Waals surface area contributed by atoms with Crippen LogP contribution in [0, 0.1) is 13.8 Å². The second-order valence-corrected chi connectivity index (χ2v) is 7.77. The predicted octanol–water partition coefficient (Wildman–Crippen LogP) is 3.89. The van der Waals surface area contributed by atoms with Crippen molar-refractivity contribution in [3.8, 4) is 5.75 Å². The second-order valence-electron chi connectivity index (χ2n) is 7.77. The molecule has 0 aliphatic carbocycles. The maximum Gasteiger partial charge on any atom is 0.147 e. The lowest BCUT2D eigenvalue weighted by Crippen LogP contribution is -2.17. The summed E-state index contributed by atoms with van der Waals surface area (Å²) >= 11 is 0. The number of aryl methyl sites for hydroxylation is 3. The fourth-order valence-corrected chi connectivity index (χ4v) is 3.99. The van der Waals surface area contributed by atoms with Gasteiger partial charge < -0.3 is 14.6 Å². The molecule has 2 aromatic heterocycles. The quantitative estimate of drug-likeness (QED) is 0.662. The molecule has 0 atom stereocenters. The summed E-state index contributed by atoms with van der Waals surface area (Å²) in [6, 6.07) is 10.3. The average Bonchev–Trinajstić information content (AvgIpc) is 2.94. The van der Waals surface area contributed by atoms with Crippen LogP contribution >= 0.6 is 0 Å². The molecule has 6 nitrogen and oxygen atoms in total. The average molecular weight is 392 g/mol. The molecule has 1 N–H and O–H groups in total. The highest BCUT2D eigenvalue weighted by molar-refractivity contribution is 5.43. The highest BCUT2D eigenvalue weighted by Crippen LogP contribution is 2.25. The molecule has 3 aromatic rings. The Labute approximate surface area is 172 Å². The van der Waals surface area contributed by atoms with Crippen LogP contribution in [0.3, 0.4) is 0 Å². The molecule has 0 radical (unpaired) electrons. The highest BCUT2D eigenvalue weighted by Gasteiger charge is 2.14. The van der Waals surface area contributed by atoms with Crippen LogP contribution < -0.4 is 10.1 Å². The van der Waals surface area contributed by atoms with Crippen molar-refractivity contribution in [2.75, 3.05) is 0 Å². The van der Waals surface area contributed by atoms with Crippen molar-refractivity contribution in [1.29, 1.82) is 0 Å². The molecule has 29 heavy (non-hydrogen) atoms. The SMILES string of the molecule is Cc1cc(CNCc2nnc3n2CCCCC3)cc(C)c1OCc1ccccn1. The van der Waals surface area contributed by atoms with Gasteiger partial charge in [-0.1, -0.05) is 24.6 Å². The van der Waals surface area contributed by atoms with E-state index in [1.165, 1.54) is 24.8 Å². The first-order valence-electron chi connectivity index (χ1n) is 10.4. The summed E-state index contributed by atoms with van der Waals surface area (Å²) in [5.74, 6) is 3.13. The van der Waals surface area contributed by atoms with Crippen molar-refractivity contribution in [3.63, 3.8) is 0 Å². The number of rotatable bonds is 7. The largest absolute Gasteiger partial charge is 0.487 e. The van der Waals surface area contributed by atoms with Gasteiger partial charge in [-0.15, -0.1) is 10.2 Å². The number of hydrogen-bond acceptors (Lipinski definition) is 5. The minimum absolute atomic E-state index is 0.484. The molecule has 3 heterocycles. The standard InChI is InChI=1S/C23H29N5O/c1-17-12-19(13-18(2)23(17)29-16-20-8-5-6-10-25-20)14-24-15-22-27-26-21-9-4-3-7-11-28(21)22/h5-6,8,10,12-13,24H,3-4,7,9,11,14-16H2,1-2H3. The van der Waals surface area contributed by atoms with Crippen molar-refractivity contribution in [2.24, 2.45) is 0 Å². The molecule has 1 aromatic carbocycles. The lowest BCUT2D eigenvalue weighted by molar-refractivity contribution is 0.297. The highest BCUT2D eigenvalue weighted by atomic mass is 16.5. The third-order valence-electron chi connectivity index (χ3n) is 5.41. The van der Waals surface area contributed by atoms with E-state index in [0.29, 0.717) is 6.61 Å². The first-order chi connectivity index (χ1) is 14.2. The van der Waals surface area contributed by atoms with Crippen LogP contribution in [-0.4, -0.2) is 19.7 Å². The van der Waals surface area contributed by atoms with E-state index in [0.717, 1.165) is 60.3 Å². The summed E-state index contributed by atoms with van der Waals surface area (Å²) in [6.45, 7) is 7.26. The van der Waals surface area contributed by atoms with Gasteiger partial charge in [-0.3, -0.25) is 4.98 Å². The van der Waals surface area contributed by atoms with E-state index in [-0.39, 0.29) is 0 Å². The zero-order chi connectivity index (χ0) is 20.1. The topological polar surface area (TPSA) is 64.9 Å². The van der Waals surface area contributed by atoms with Gasteiger partial charge in [-0.25, -0.2) is 0 Å². The Hall–Kier alpha value is -2.73. The Kier molecular flexibility index (Phi) is 6.20. The van der Waals surface area contributed by atoms with Crippen LogP contribution in [0.2, 0.25) is 0 Å². The molecule has 0 saturated heterocycles. The molecular formula is C23H29N5O. The molecular weight excluding hydrogens is 362 g/mol. The van der Waals surface area contributed by atoms with Crippen LogP contribution in [0.4, 0.5) is 0 Å². The van der Waals surface area contributed by atoms with E-state index < -0.39 is 0 Å². The number of nitrogens with zero attached hydrogens (tertiary/aromatic N) is 4. The van der Waals surface area contributed by atoms with Crippen LogP contribution in [0.5, 0.6) is 5.75 Å². The molecule has 152 valence electrons. The molecule has 0 fully saturated rings. The summed E-state index contributed by atoms with van der Waals surface area (Å²) in [4.78, 5) is 4.32. The van der Waals surface area contributed by atoms with Gasteiger partial charge in [0.05, 0.1) is 12.2 Å². The summed E-state index contributed by atoms with van der Waals surface area (Å²) < 4.78 is 8.34. The Morgan fingerprint density at radius 1 is 1.03 bits per heavy atom. The number of pyridine rings is 1. The zero-order valence-corrected chi connectivity index (χ0v) is 17.3. The number of aromatic nitrogens is 4. The zero-order valence-electron chi connectivity index (χ0n) is 17.3. The maximum absolute atomic E-state index is 6.04. The van der Waals surface area contributed by atoms with E-state index in [9.17, 15) is 0 Å². The molecule has 0 unspecified atom stereocenters. The normalized spacial score (nSPS) is 13.7. The Balaban J connectivity index is 1.35. The third-order valence-corrected chi connectivity index (χ3v) is 5.41. The van der Waals surface area contributed by atoms with Gasteiger partial charge in [-0.2, -0.15) is 0 Å². The van der Waals surface area contributed by atoms with Gasteiger partial charge >= 0.3 is 0 Å². The number of ether oxygens (including phenoxy) is 1. The van der Waals surface area contributed by atoms with E-state index in [4.69, 9.17) is 4.74 Å². The summed E-state index contributed by atoms with van der Waals surface area (Å²) in [5.41, 5.74) is 4.48. The van der Waals surface area contributed by atoms with Crippen molar-refractivity contribution in [3.05, 3.63) is 70.6 Å². The van der Waals surface area contributed by atoms with Gasteiger partial charge in [-0.05, 0) is 55.5 Å². The summed E-state index contributed by atoms with van der Waals surface area (Å²) in [7, 11) is 0. The first kappa shape index (κ1) is 19.6. The van der Waals surface area contributed by atoms with Crippen LogP contribution in [0.25, 0.3) is 0 Å². The Morgan fingerprint density at radius 3 is 2.69 bits per heavy atom. The monoisotopic (exact) mass is 391 g/mol. The fraction of sp³-hybridized carbons (Fsp3) is 0.435. The van der Waals surface area contributed by atoms with Gasteiger partial charge in [0.1, 0.15) is 24.0 Å². The van der Waals surface area contributed by atoms with Crippen LogP contribution in [-0.2, 0) is 32.7 Å². The molecule has 0 spiro atoms. The van der Waals surface area contributed by atoms with Crippen LogP contribution in [0.1, 0.15) is 53.3 Å². The lowest BCUT2D eigenvalue weighted by Gasteiger charge is -2.14. The van der Waals surface area contributed by atoms with E-state index in [1.807, 2.05) is 18.2 Å². The smallest absolute Gasteiger partial charge is 0.147 e. The number of benzene rings is 1. The van der Waals surface area contributed by atoms with E-state index in [1.54, 1.807) is 6.20 Å². The Morgan fingerprint density at radius 2 is 1.90 bits per heavy atom. The predicted molar refractivity (Wildman–Crippen MR) is 113 cm³/mol. The van der Waals surface area contributed by atoms with Crippen LogP contribution in [0.15, 0.2) is 36.5 Å². The molecule has 4 rings (SSSR count).